The van der Waals surface area contributed by atoms with Crippen molar-refractivity contribution in [2.24, 2.45) is 5.92 Å². The molecule has 2 aromatic rings. The van der Waals surface area contributed by atoms with Gasteiger partial charge in [0.05, 0.1) is 6.67 Å². The maximum absolute atomic E-state index is 13.8. The van der Waals surface area contributed by atoms with E-state index in [-0.39, 0.29) is 5.91 Å². The van der Waals surface area contributed by atoms with Gasteiger partial charge in [0.25, 0.3) is 0 Å². The molecule has 2 aliphatic heterocycles. The summed E-state index contributed by atoms with van der Waals surface area (Å²) in [5, 5.41) is 1.12. The predicted molar refractivity (Wildman–Crippen MR) is 112 cm³/mol. The van der Waals surface area contributed by atoms with Crippen LogP contribution in [0.25, 0.3) is 0 Å². The molecule has 2 saturated heterocycles. The minimum Gasteiger partial charge on any atom is -0.297 e. The molecular weight excluding hydrogens is 447 g/mol. The van der Waals surface area contributed by atoms with Crippen LogP contribution in [0.1, 0.15) is 24.8 Å². The zero-order valence-corrected chi connectivity index (χ0v) is 17.8. The van der Waals surface area contributed by atoms with Crippen LogP contribution in [0.5, 0.6) is 0 Å². The second-order valence-electron chi connectivity index (χ2n) is 7.86. The highest BCUT2D eigenvalue weighted by molar-refractivity contribution is 9.10. The van der Waals surface area contributed by atoms with Crippen molar-refractivity contribution in [2.75, 3.05) is 11.6 Å². The predicted octanol–water partition coefficient (Wildman–Crippen LogP) is 5.53. The summed E-state index contributed by atoms with van der Waals surface area (Å²) < 4.78 is 1.06. The smallest absolute Gasteiger partial charge is 0.249 e. The first-order valence-electron chi connectivity index (χ1n) is 9.26. The average Bonchev–Trinajstić information content (AvgIpc) is 3.28. The number of benzene rings is 2. The van der Waals surface area contributed by atoms with Crippen molar-refractivity contribution in [2.45, 2.75) is 37.3 Å². The molecule has 3 fully saturated rings. The van der Waals surface area contributed by atoms with E-state index in [1.54, 1.807) is 6.07 Å². The molecule has 0 radical (unpaired) electrons. The molecule has 27 heavy (non-hydrogen) atoms. The van der Waals surface area contributed by atoms with Gasteiger partial charge in [0.2, 0.25) is 5.91 Å². The fourth-order valence-electron chi connectivity index (χ4n) is 5.35. The molecule has 1 amide bonds. The van der Waals surface area contributed by atoms with E-state index in [4.69, 9.17) is 23.2 Å². The van der Waals surface area contributed by atoms with Gasteiger partial charge in [-0.05, 0) is 61.1 Å². The molecule has 0 N–H and O–H groups in total. The molecule has 6 heteroatoms. The fraction of sp³-hybridized carbons (Fsp3) is 0.381. The molecule has 2 bridgehead atoms. The molecule has 3 nitrogen and oxygen atoms in total. The van der Waals surface area contributed by atoms with Gasteiger partial charge >= 0.3 is 0 Å². The molecule has 5 rings (SSSR count). The zero-order valence-electron chi connectivity index (χ0n) is 14.7. The molecule has 1 saturated carbocycles. The number of anilines is 1. The summed E-state index contributed by atoms with van der Waals surface area (Å²) in [7, 11) is 0. The van der Waals surface area contributed by atoms with Gasteiger partial charge in [-0.1, -0.05) is 51.3 Å². The van der Waals surface area contributed by atoms with Gasteiger partial charge in [0.1, 0.15) is 5.54 Å². The summed E-state index contributed by atoms with van der Waals surface area (Å²) in [4.78, 5) is 18.1. The van der Waals surface area contributed by atoms with Crippen molar-refractivity contribution in [1.29, 1.82) is 0 Å². The summed E-state index contributed by atoms with van der Waals surface area (Å²) in [5.41, 5.74) is 1.56. The molecule has 3 atom stereocenters. The van der Waals surface area contributed by atoms with E-state index in [1.807, 2.05) is 17.0 Å². The lowest BCUT2D eigenvalue weighted by Crippen LogP contribution is -2.54. The van der Waals surface area contributed by atoms with Gasteiger partial charge in [-0.15, -0.1) is 0 Å². The Morgan fingerprint density at radius 1 is 1.07 bits per heavy atom. The maximum atomic E-state index is 13.8. The second-order valence-corrected chi connectivity index (χ2v) is 9.65. The normalized spacial score (nSPS) is 29.6. The first-order valence-corrected chi connectivity index (χ1v) is 10.8. The highest BCUT2D eigenvalue weighted by Crippen LogP contribution is 2.54. The molecule has 2 unspecified atom stereocenters. The number of halogens is 3. The summed E-state index contributed by atoms with van der Waals surface area (Å²) in [6.45, 7) is 0.618. The molecule has 3 aliphatic rings. The van der Waals surface area contributed by atoms with Crippen molar-refractivity contribution >= 4 is 50.7 Å². The van der Waals surface area contributed by atoms with Gasteiger partial charge in [0, 0.05) is 32.7 Å². The van der Waals surface area contributed by atoms with E-state index >= 15 is 0 Å². The lowest BCUT2D eigenvalue weighted by Gasteiger charge is -2.39. The van der Waals surface area contributed by atoms with Gasteiger partial charge in [-0.2, -0.15) is 0 Å². The van der Waals surface area contributed by atoms with Crippen LogP contribution in [-0.2, 0) is 11.2 Å². The number of hydrogen-bond acceptors (Lipinski definition) is 2. The van der Waals surface area contributed by atoms with Crippen LogP contribution in [0.2, 0.25) is 10.0 Å². The third kappa shape index (κ3) is 2.76. The van der Waals surface area contributed by atoms with Crippen LogP contribution in [0.15, 0.2) is 46.9 Å². The number of hydrogen-bond donors (Lipinski definition) is 0. The number of amides is 1. The minimum atomic E-state index is -0.439. The summed E-state index contributed by atoms with van der Waals surface area (Å²) in [5.74, 6) is 0.606. The molecule has 2 heterocycles. The molecule has 0 spiro atoms. The van der Waals surface area contributed by atoms with E-state index in [9.17, 15) is 4.79 Å². The van der Waals surface area contributed by atoms with Crippen molar-refractivity contribution in [1.82, 2.24) is 4.90 Å². The van der Waals surface area contributed by atoms with Crippen molar-refractivity contribution in [3.05, 3.63) is 62.5 Å². The van der Waals surface area contributed by atoms with E-state index in [2.05, 4.69) is 45.1 Å². The van der Waals surface area contributed by atoms with Gasteiger partial charge in [-0.3, -0.25) is 14.6 Å². The van der Waals surface area contributed by atoms with Crippen LogP contribution >= 0.6 is 39.1 Å². The van der Waals surface area contributed by atoms with Gasteiger partial charge in [-0.25, -0.2) is 0 Å². The van der Waals surface area contributed by atoms with Crippen LogP contribution in [0, 0.1) is 5.92 Å². The number of rotatable bonds is 3. The van der Waals surface area contributed by atoms with Crippen LogP contribution < -0.4 is 4.90 Å². The summed E-state index contributed by atoms with van der Waals surface area (Å²) >= 11 is 15.9. The Kier molecular flexibility index (Phi) is 4.32. The molecule has 1 aliphatic carbocycles. The van der Waals surface area contributed by atoms with Crippen LogP contribution in [-0.4, -0.2) is 29.1 Å². The summed E-state index contributed by atoms with van der Waals surface area (Å²) in [6.07, 6.45) is 4.20. The Bertz CT molecular complexity index is 899. The zero-order chi connectivity index (χ0) is 18.8. The SMILES string of the molecule is O=C1N(c2cc(Cl)cc(Cl)c2)CN2C3CCC(C3)[C@]12Cc1ccc(Br)cc1. The molecule has 0 aromatic heterocycles. The maximum Gasteiger partial charge on any atom is 0.249 e. The lowest BCUT2D eigenvalue weighted by molar-refractivity contribution is -0.127. The minimum absolute atomic E-state index is 0.191. The van der Waals surface area contributed by atoms with E-state index in [1.165, 1.54) is 12.0 Å². The van der Waals surface area contributed by atoms with Crippen molar-refractivity contribution in [3.8, 4) is 0 Å². The Morgan fingerprint density at radius 2 is 1.78 bits per heavy atom. The fourth-order valence-corrected chi connectivity index (χ4v) is 6.13. The Labute approximate surface area is 177 Å². The quantitative estimate of drug-likeness (QED) is 0.595. The number of fused-ring (bicyclic) bond motifs is 5. The highest BCUT2D eigenvalue weighted by Gasteiger charge is 2.65. The largest absolute Gasteiger partial charge is 0.297 e. The molecular formula is C21H19BrCl2N2O. The number of carbonyl (C=O) groups excluding carboxylic acids is 1. The average molecular weight is 466 g/mol. The number of carbonyl (C=O) groups is 1. The molecule has 2 aromatic carbocycles. The van der Waals surface area contributed by atoms with Gasteiger partial charge in [0.15, 0.2) is 0 Å². The second kappa shape index (κ2) is 6.48. The van der Waals surface area contributed by atoms with Crippen LogP contribution in [0.4, 0.5) is 5.69 Å². The molecule has 140 valence electrons. The van der Waals surface area contributed by atoms with E-state index < -0.39 is 5.54 Å². The third-order valence-corrected chi connectivity index (χ3v) is 7.45. The van der Waals surface area contributed by atoms with Crippen LogP contribution in [0.3, 0.4) is 0 Å². The monoisotopic (exact) mass is 464 g/mol. The van der Waals surface area contributed by atoms with Crippen molar-refractivity contribution < 1.29 is 4.79 Å². The topological polar surface area (TPSA) is 23.6 Å². The first-order chi connectivity index (χ1) is 13.0. The standard InChI is InChI=1S/C21H19BrCl2N2O/c22-15-4-1-13(2-5-15)11-21-14-3-6-18(7-14)26(21)12-25(20(21)27)19-9-16(23)8-17(24)10-19/h1-2,4-5,8-10,14,18H,3,6-7,11-12H2/t14?,18?,21-/m1/s1. The van der Waals surface area contributed by atoms with Gasteiger partial charge < -0.3 is 0 Å². The Hall–Kier alpha value is -1.07. The van der Waals surface area contributed by atoms with E-state index in [0.717, 1.165) is 29.4 Å². The van der Waals surface area contributed by atoms with E-state index in [0.29, 0.717) is 28.7 Å². The van der Waals surface area contributed by atoms with Crippen molar-refractivity contribution in [3.63, 3.8) is 0 Å². The highest BCUT2D eigenvalue weighted by atomic mass is 79.9. The lowest BCUT2D eigenvalue weighted by atomic mass is 9.78. The first kappa shape index (κ1) is 18.0. The Morgan fingerprint density at radius 3 is 2.48 bits per heavy atom. The third-order valence-electron chi connectivity index (χ3n) is 6.49. The summed E-state index contributed by atoms with van der Waals surface area (Å²) in [6, 6.07) is 14.2. The Balaban J connectivity index is 1.55. The number of piperidine rings is 1. The number of nitrogens with zero attached hydrogens (tertiary/aromatic N) is 2.